The van der Waals surface area contributed by atoms with Crippen LogP contribution >= 0.6 is 11.6 Å². The Hall–Kier alpha value is -2.17. The van der Waals surface area contributed by atoms with Crippen molar-refractivity contribution in [3.8, 4) is 5.75 Å². The lowest BCUT2D eigenvalue weighted by Crippen LogP contribution is -2.51. The minimum atomic E-state index is -3.76. The molecule has 0 amide bonds. The normalized spacial score (nSPS) is 19.7. The molecule has 0 radical (unpaired) electrons. The van der Waals surface area contributed by atoms with E-state index in [1.54, 1.807) is 12.1 Å². The number of rotatable bonds is 7. The van der Waals surface area contributed by atoms with Gasteiger partial charge in [-0.3, -0.25) is 9.80 Å². The minimum Gasteiger partial charge on any atom is -0.491 e. The van der Waals surface area contributed by atoms with Gasteiger partial charge in [0.25, 0.3) is 10.0 Å². The number of nitrogens with zero attached hydrogens (tertiary/aromatic N) is 3. The van der Waals surface area contributed by atoms with Crippen molar-refractivity contribution in [3.63, 3.8) is 0 Å². The molecule has 2 N–H and O–H groups in total. The summed E-state index contributed by atoms with van der Waals surface area (Å²) in [7, 11) is -3.76. The van der Waals surface area contributed by atoms with Crippen molar-refractivity contribution in [1.82, 2.24) is 9.80 Å². The van der Waals surface area contributed by atoms with Crippen LogP contribution in [0.2, 0.25) is 5.02 Å². The molecule has 0 aliphatic carbocycles. The second-order valence-corrected chi connectivity index (χ2v) is 9.64. The summed E-state index contributed by atoms with van der Waals surface area (Å²) in [6.07, 6.45) is -0.579. The molecule has 1 atom stereocenters. The molecule has 4 rings (SSSR count). The average molecular weight is 465 g/mol. The van der Waals surface area contributed by atoms with Gasteiger partial charge in [0.05, 0.1) is 12.2 Å². The van der Waals surface area contributed by atoms with Crippen LogP contribution in [0.3, 0.4) is 0 Å². The molecule has 166 valence electrons. The first-order chi connectivity index (χ1) is 14.9. The van der Waals surface area contributed by atoms with E-state index in [2.05, 4.69) is 19.5 Å². The van der Waals surface area contributed by atoms with Gasteiger partial charge in [-0.1, -0.05) is 29.8 Å². The number of ether oxygens (including phenoxy) is 1. The quantitative estimate of drug-likeness (QED) is 0.646. The van der Waals surface area contributed by atoms with Crippen LogP contribution in [0.5, 0.6) is 5.75 Å². The van der Waals surface area contributed by atoms with E-state index in [-0.39, 0.29) is 11.5 Å². The number of benzene rings is 2. The molecule has 0 aromatic heterocycles. The first-order valence-corrected chi connectivity index (χ1v) is 11.9. The van der Waals surface area contributed by atoms with Gasteiger partial charge in [0, 0.05) is 37.7 Å². The minimum absolute atomic E-state index is 0.0975. The molecule has 2 heterocycles. The van der Waals surface area contributed by atoms with E-state index < -0.39 is 16.1 Å². The van der Waals surface area contributed by atoms with Gasteiger partial charge in [-0.15, -0.1) is 4.40 Å². The van der Waals surface area contributed by atoms with Gasteiger partial charge < -0.3 is 15.2 Å². The molecular formula is C21H25ClN4O4S. The van der Waals surface area contributed by atoms with Gasteiger partial charge in [0.1, 0.15) is 29.2 Å². The summed E-state index contributed by atoms with van der Waals surface area (Å²) in [6.45, 7) is 4.23. The summed E-state index contributed by atoms with van der Waals surface area (Å²) in [5.41, 5.74) is 0.495. The number of nitrogens with one attached hydrogen (secondary N) is 1. The molecular weight excluding hydrogens is 440 g/mol. The summed E-state index contributed by atoms with van der Waals surface area (Å²) in [5.74, 6) is 1.14. The topological polar surface area (TPSA) is 94.5 Å². The number of hydrogen-bond donors (Lipinski definition) is 2. The molecule has 2 aromatic carbocycles. The maximum absolute atomic E-state index is 12.5. The fourth-order valence-electron chi connectivity index (χ4n) is 3.66. The Labute approximate surface area is 187 Å². The van der Waals surface area contributed by atoms with Crippen LogP contribution in [0.1, 0.15) is 0 Å². The Balaban J connectivity index is 1.25. The molecule has 10 heteroatoms. The van der Waals surface area contributed by atoms with E-state index in [0.29, 0.717) is 29.6 Å². The smallest absolute Gasteiger partial charge is 0.286 e. The number of fused-ring (bicyclic) bond motifs is 1. The van der Waals surface area contributed by atoms with E-state index >= 15 is 0 Å². The van der Waals surface area contributed by atoms with Gasteiger partial charge in [0.2, 0.25) is 0 Å². The molecule has 1 fully saturated rings. The monoisotopic (exact) mass is 464 g/mol. The number of piperazine rings is 1. The predicted octanol–water partition coefficient (Wildman–Crippen LogP) is 1.91. The van der Waals surface area contributed by atoms with E-state index in [1.807, 2.05) is 30.3 Å². The third kappa shape index (κ3) is 5.75. The molecule has 0 saturated carbocycles. The first kappa shape index (κ1) is 22.0. The standard InChI is InChI=1S/C21H25ClN4O4S/c22-16-6-7-19-20(12-16)31(28,29)24-21(23-19)14-26-10-8-25(9-11-26)13-17(27)15-30-18-4-2-1-3-5-18/h1-7,12,17,27H,8-11,13-15H2,(H,23,24). The van der Waals surface area contributed by atoms with Crippen molar-refractivity contribution in [3.05, 3.63) is 53.6 Å². The number of aliphatic hydroxyl groups is 1. The SMILES string of the molecule is O=S1(=O)N=C(CN2CCN(CC(O)COc3ccccc3)CC2)Nc2ccc(Cl)cc21. The van der Waals surface area contributed by atoms with Crippen molar-refractivity contribution in [1.29, 1.82) is 0 Å². The largest absolute Gasteiger partial charge is 0.491 e. The average Bonchev–Trinajstić information content (AvgIpc) is 2.75. The Bertz CT molecular complexity index is 1040. The van der Waals surface area contributed by atoms with Gasteiger partial charge in [-0.2, -0.15) is 8.42 Å². The highest BCUT2D eigenvalue weighted by Gasteiger charge is 2.27. The number of aliphatic hydroxyl groups excluding tert-OH is 1. The van der Waals surface area contributed by atoms with Gasteiger partial charge in [0.15, 0.2) is 0 Å². The van der Waals surface area contributed by atoms with Crippen LogP contribution in [0.15, 0.2) is 57.8 Å². The van der Waals surface area contributed by atoms with Crippen LogP contribution in [0, 0.1) is 0 Å². The van der Waals surface area contributed by atoms with Gasteiger partial charge >= 0.3 is 0 Å². The summed E-state index contributed by atoms with van der Waals surface area (Å²) in [5, 5.41) is 13.7. The van der Waals surface area contributed by atoms with Crippen LogP contribution in [0.4, 0.5) is 5.69 Å². The second kappa shape index (κ2) is 9.54. The van der Waals surface area contributed by atoms with Crippen molar-refractivity contribution >= 4 is 33.1 Å². The molecule has 2 aliphatic rings. The summed E-state index contributed by atoms with van der Waals surface area (Å²) in [6, 6.07) is 14.1. The molecule has 2 aliphatic heterocycles. The van der Waals surface area contributed by atoms with Crippen LogP contribution < -0.4 is 10.1 Å². The molecule has 31 heavy (non-hydrogen) atoms. The number of sulfonamides is 1. The fourth-order valence-corrected chi connectivity index (χ4v) is 5.06. The third-order valence-corrected chi connectivity index (χ3v) is 6.81. The predicted molar refractivity (Wildman–Crippen MR) is 121 cm³/mol. The zero-order chi connectivity index (χ0) is 21.8. The maximum atomic E-state index is 12.5. The van der Waals surface area contributed by atoms with Crippen LogP contribution in [-0.2, 0) is 10.0 Å². The van der Waals surface area contributed by atoms with E-state index in [1.165, 1.54) is 6.07 Å². The molecule has 0 bridgehead atoms. The lowest BCUT2D eigenvalue weighted by atomic mass is 10.2. The number of para-hydroxylation sites is 1. The van der Waals surface area contributed by atoms with Crippen LogP contribution in [0.25, 0.3) is 0 Å². The summed E-state index contributed by atoms with van der Waals surface area (Å²) in [4.78, 5) is 4.42. The molecule has 1 saturated heterocycles. The third-order valence-electron chi connectivity index (χ3n) is 5.22. The lowest BCUT2D eigenvalue weighted by Gasteiger charge is -2.36. The highest BCUT2D eigenvalue weighted by molar-refractivity contribution is 7.90. The summed E-state index contributed by atoms with van der Waals surface area (Å²) >= 11 is 5.92. The molecule has 0 spiro atoms. The van der Waals surface area contributed by atoms with E-state index in [0.717, 1.165) is 31.9 Å². The Morgan fingerprint density at radius 3 is 2.55 bits per heavy atom. The van der Waals surface area contributed by atoms with Gasteiger partial charge in [-0.25, -0.2) is 0 Å². The highest BCUT2D eigenvalue weighted by atomic mass is 35.5. The zero-order valence-electron chi connectivity index (χ0n) is 16.9. The van der Waals surface area contributed by atoms with E-state index in [9.17, 15) is 13.5 Å². The lowest BCUT2D eigenvalue weighted by molar-refractivity contribution is 0.0488. The van der Waals surface area contributed by atoms with Crippen LogP contribution in [-0.4, -0.2) is 81.1 Å². The fraction of sp³-hybridized carbons (Fsp3) is 0.381. The number of anilines is 1. The molecule has 1 unspecified atom stereocenters. The first-order valence-electron chi connectivity index (χ1n) is 10.1. The molecule has 8 nitrogen and oxygen atoms in total. The zero-order valence-corrected chi connectivity index (χ0v) is 18.5. The number of β-amino-alcohol motifs (C(OH)–C–C–N with tert-alkyl or cyclic N) is 1. The van der Waals surface area contributed by atoms with Crippen molar-refractivity contribution in [2.45, 2.75) is 11.0 Å². The number of amidine groups is 1. The Morgan fingerprint density at radius 1 is 1.10 bits per heavy atom. The van der Waals surface area contributed by atoms with Gasteiger partial charge in [-0.05, 0) is 30.3 Å². The maximum Gasteiger partial charge on any atom is 0.286 e. The summed E-state index contributed by atoms with van der Waals surface area (Å²) < 4.78 is 34.5. The van der Waals surface area contributed by atoms with Crippen molar-refractivity contribution in [2.24, 2.45) is 4.40 Å². The van der Waals surface area contributed by atoms with E-state index in [4.69, 9.17) is 16.3 Å². The Kier molecular flexibility index (Phi) is 6.78. The number of halogens is 1. The number of hydrogen-bond acceptors (Lipinski definition) is 7. The molecule has 2 aromatic rings. The second-order valence-electron chi connectivity index (χ2n) is 7.63. The van der Waals surface area contributed by atoms with Crippen molar-refractivity contribution < 1.29 is 18.3 Å². The highest BCUT2D eigenvalue weighted by Crippen LogP contribution is 2.30. The van der Waals surface area contributed by atoms with Crippen molar-refractivity contribution in [2.75, 3.05) is 51.2 Å². The Morgan fingerprint density at radius 2 is 1.81 bits per heavy atom.